The molecule has 0 bridgehead atoms. The fourth-order valence-electron chi connectivity index (χ4n) is 3.47. The maximum atomic E-state index is 13.5. The van der Waals surface area contributed by atoms with Crippen LogP contribution in [0.5, 0.6) is 5.75 Å². The van der Waals surface area contributed by atoms with E-state index in [9.17, 15) is 17.6 Å². The third-order valence-electron chi connectivity index (χ3n) is 4.90. The van der Waals surface area contributed by atoms with Crippen LogP contribution >= 0.6 is 0 Å². The van der Waals surface area contributed by atoms with Crippen LogP contribution in [0.3, 0.4) is 0 Å². The Morgan fingerprint density at radius 2 is 1.83 bits per heavy atom. The van der Waals surface area contributed by atoms with Crippen LogP contribution in [-0.4, -0.2) is 45.2 Å². The third-order valence-corrected chi connectivity index (χ3v) is 6.65. The number of sulfone groups is 1. The number of nitrogens with zero attached hydrogens (tertiary/aromatic N) is 1. The summed E-state index contributed by atoms with van der Waals surface area (Å²) in [6.45, 7) is 6.46. The Hall–Kier alpha value is -2.61. The quantitative estimate of drug-likeness (QED) is 0.712. The number of amides is 1. The van der Waals surface area contributed by atoms with E-state index >= 15 is 0 Å². The molecule has 1 saturated heterocycles. The monoisotopic (exact) mass is 435 g/mol. The van der Waals surface area contributed by atoms with Gasteiger partial charge in [-0.2, -0.15) is 0 Å². The summed E-state index contributed by atoms with van der Waals surface area (Å²) < 4.78 is 50.1. The lowest BCUT2D eigenvalue weighted by molar-refractivity contribution is 0.0292. The van der Waals surface area contributed by atoms with Crippen LogP contribution < -0.4 is 4.74 Å². The second kappa shape index (κ2) is 8.26. The lowest BCUT2D eigenvalue weighted by Crippen LogP contribution is -2.35. The first-order valence-electron chi connectivity index (χ1n) is 9.68. The smallest absolute Gasteiger partial charge is 0.410 e. The number of likely N-dealkylation sites (tertiary alicyclic amines) is 1. The molecule has 162 valence electrons. The summed E-state index contributed by atoms with van der Waals surface area (Å²) in [6.07, 6.45) is 0.347. The Morgan fingerprint density at radius 1 is 1.13 bits per heavy atom. The van der Waals surface area contributed by atoms with Crippen molar-refractivity contribution in [3.05, 3.63) is 53.8 Å². The van der Waals surface area contributed by atoms with E-state index in [-0.39, 0.29) is 21.8 Å². The minimum absolute atomic E-state index is 0.00149. The molecule has 0 aromatic heterocycles. The first-order chi connectivity index (χ1) is 14.0. The van der Waals surface area contributed by atoms with Gasteiger partial charge in [0.05, 0.1) is 16.9 Å². The maximum Gasteiger partial charge on any atom is 0.410 e. The van der Waals surface area contributed by atoms with Crippen molar-refractivity contribution in [3.63, 3.8) is 0 Å². The lowest BCUT2D eigenvalue weighted by Gasteiger charge is -2.24. The zero-order chi connectivity index (χ0) is 22.1. The van der Waals surface area contributed by atoms with E-state index in [0.29, 0.717) is 25.3 Å². The number of ether oxygens (including phenoxy) is 2. The van der Waals surface area contributed by atoms with Crippen molar-refractivity contribution >= 4 is 15.9 Å². The van der Waals surface area contributed by atoms with Crippen LogP contribution in [0.1, 0.15) is 38.7 Å². The van der Waals surface area contributed by atoms with Crippen LogP contribution in [0.2, 0.25) is 0 Å². The Bertz CT molecular complexity index is 1050. The summed E-state index contributed by atoms with van der Waals surface area (Å²) in [4.78, 5) is 13.9. The van der Waals surface area contributed by atoms with E-state index < -0.39 is 21.3 Å². The minimum Gasteiger partial charge on any atom is -0.496 e. The molecule has 8 heteroatoms. The zero-order valence-corrected chi connectivity index (χ0v) is 18.3. The van der Waals surface area contributed by atoms with Crippen molar-refractivity contribution in [1.82, 2.24) is 4.90 Å². The highest BCUT2D eigenvalue weighted by Crippen LogP contribution is 2.36. The fraction of sp³-hybridized carbons (Fsp3) is 0.409. The number of carbonyl (C=O) groups is 1. The van der Waals surface area contributed by atoms with Gasteiger partial charge >= 0.3 is 6.09 Å². The van der Waals surface area contributed by atoms with Gasteiger partial charge in [0.25, 0.3) is 0 Å². The molecule has 30 heavy (non-hydrogen) atoms. The molecule has 1 fully saturated rings. The largest absolute Gasteiger partial charge is 0.496 e. The van der Waals surface area contributed by atoms with E-state index in [0.717, 1.165) is 11.6 Å². The molecule has 0 unspecified atom stereocenters. The van der Waals surface area contributed by atoms with Crippen LogP contribution in [0.4, 0.5) is 9.18 Å². The molecular formula is C22H26FNO5S. The summed E-state index contributed by atoms with van der Waals surface area (Å²) in [5.41, 5.74) is 0.251. The highest BCUT2D eigenvalue weighted by molar-refractivity contribution is 7.91. The SMILES string of the molecule is COc1cc(S(=O)(=O)c2cccc(F)c2)ccc1[C@@H]1CCN(C(=O)OC(C)(C)C)C1. The highest BCUT2D eigenvalue weighted by atomic mass is 32.2. The number of rotatable bonds is 4. The molecule has 0 aliphatic carbocycles. The Labute approximate surface area is 176 Å². The van der Waals surface area contributed by atoms with E-state index in [4.69, 9.17) is 9.47 Å². The number of carbonyl (C=O) groups excluding carboxylic acids is 1. The normalized spacial score (nSPS) is 17.1. The maximum absolute atomic E-state index is 13.5. The molecule has 0 N–H and O–H groups in total. The van der Waals surface area contributed by atoms with Gasteiger partial charge in [-0.1, -0.05) is 12.1 Å². The lowest BCUT2D eigenvalue weighted by atomic mass is 9.97. The van der Waals surface area contributed by atoms with Crippen LogP contribution in [-0.2, 0) is 14.6 Å². The van der Waals surface area contributed by atoms with Gasteiger partial charge < -0.3 is 14.4 Å². The molecule has 1 atom stereocenters. The molecular weight excluding hydrogens is 409 g/mol. The average molecular weight is 436 g/mol. The van der Waals surface area contributed by atoms with E-state index in [2.05, 4.69) is 0 Å². The van der Waals surface area contributed by atoms with Gasteiger partial charge in [0.2, 0.25) is 9.84 Å². The van der Waals surface area contributed by atoms with E-state index in [1.807, 2.05) is 20.8 Å². The van der Waals surface area contributed by atoms with Gasteiger partial charge in [-0.15, -0.1) is 0 Å². The summed E-state index contributed by atoms with van der Waals surface area (Å²) >= 11 is 0. The molecule has 1 aliphatic rings. The first-order valence-corrected chi connectivity index (χ1v) is 11.2. The summed E-state index contributed by atoms with van der Waals surface area (Å²) in [6, 6.07) is 9.55. The van der Waals surface area contributed by atoms with Gasteiger partial charge in [0.1, 0.15) is 17.2 Å². The average Bonchev–Trinajstić information content (AvgIpc) is 3.16. The van der Waals surface area contributed by atoms with Gasteiger partial charge in [0, 0.05) is 19.0 Å². The Morgan fingerprint density at radius 3 is 2.47 bits per heavy atom. The summed E-state index contributed by atoms with van der Waals surface area (Å²) in [5, 5.41) is 0. The van der Waals surface area contributed by atoms with Crippen molar-refractivity contribution in [3.8, 4) is 5.75 Å². The van der Waals surface area contributed by atoms with Crippen molar-refractivity contribution < 1.29 is 27.1 Å². The minimum atomic E-state index is -3.88. The van der Waals surface area contributed by atoms with Gasteiger partial charge in [0.15, 0.2) is 0 Å². The molecule has 6 nitrogen and oxygen atoms in total. The number of halogens is 1. The molecule has 0 spiro atoms. The zero-order valence-electron chi connectivity index (χ0n) is 17.5. The highest BCUT2D eigenvalue weighted by Gasteiger charge is 2.32. The molecule has 3 rings (SSSR count). The van der Waals surface area contributed by atoms with Crippen molar-refractivity contribution in [1.29, 1.82) is 0 Å². The predicted octanol–water partition coefficient (Wildman–Crippen LogP) is 4.39. The van der Waals surface area contributed by atoms with Crippen molar-refractivity contribution in [2.24, 2.45) is 0 Å². The summed E-state index contributed by atoms with van der Waals surface area (Å²) in [5.74, 6) is -0.199. The predicted molar refractivity (Wildman–Crippen MR) is 110 cm³/mol. The molecule has 1 aliphatic heterocycles. The standard InChI is InChI=1S/C22H26FNO5S/c1-22(2,3)29-21(25)24-11-10-15(14-24)19-9-8-18(13-20(19)28-4)30(26,27)17-7-5-6-16(23)12-17/h5-9,12-13,15H,10-11,14H2,1-4H3/t15-/m1/s1. The topological polar surface area (TPSA) is 72.9 Å². The van der Waals surface area contributed by atoms with E-state index in [1.54, 1.807) is 11.0 Å². The second-order valence-electron chi connectivity index (χ2n) is 8.28. The summed E-state index contributed by atoms with van der Waals surface area (Å²) in [7, 11) is -2.41. The Balaban J connectivity index is 1.84. The third kappa shape index (κ3) is 4.75. The molecule has 2 aromatic carbocycles. The Kier molecular flexibility index (Phi) is 6.08. The number of benzene rings is 2. The van der Waals surface area contributed by atoms with Gasteiger partial charge in [-0.3, -0.25) is 0 Å². The number of methoxy groups -OCH3 is 1. The van der Waals surface area contributed by atoms with Crippen LogP contribution in [0, 0.1) is 5.82 Å². The van der Waals surface area contributed by atoms with Gasteiger partial charge in [-0.25, -0.2) is 17.6 Å². The van der Waals surface area contributed by atoms with Crippen molar-refractivity contribution in [2.45, 2.75) is 48.5 Å². The molecule has 1 amide bonds. The molecule has 2 aromatic rings. The number of hydrogen-bond donors (Lipinski definition) is 0. The van der Waals surface area contributed by atoms with Crippen LogP contribution in [0.15, 0.2) is 52.3 Å². The van der Waals surface area contributed by atoms with Crippen LogP contribution in [0.25, 0.3) is 0 Å². The van der Waals surface area contributed by atoms with Crippen molar-refractivity contribution in [2.75, 3.05) is 20.2 Å². The first kappa shape index (κ1) is 22.1. The fourth-order valence-corrected chi connectivity index (χ4v) is 4.78. The van der Waals surface area contributed by atoms with Gasteiger partial charge in [-0.05, 0) is 63.1 Å². The molecule has 0 radical (unpaired) electrons. The number of hydrogen-bond acceptors (Lipinski definition) is 5. The second-order valence-corrected chi connectivity index (χ2v) is 10.2. The molecule has 0 saturated carbocycles. The van der Waals surface area contributed by atoms with E-state index in [1.165, 1.54) is 37.4 Å². The molecule has 1 heterocycles.